The molecule has 27 heavy (non-hydrogen) atoms. The summed E-state index contributed by atoms with van der Waals surface area (Å²) in [6.07, 6.45) is 1.85. The molecule has 0 fully saturated rings. The largest absolute Gasteiger partial charge is 0.493 e. The predicted octanol–water partition coefficient (Wildman–Crippen LogP) is 4.20. The minimum absolute atomic E-state index is 0.0512. The number of hydrogen-bond acceptors (Lipinski definition) is 6. The van der Waals surface area contributed by atoms with Gasteiger partial charge < -0.3 is 14.2 Å². The number of anilines is 1. The van der Waals surface area contributed by atoms with Gasteiger partial charge >= 0.3 is 5.91 Å². The topological polar surface area (TPSA) is 74.1 Å². The summed E-state index contributed by atoms with van der Waals surface area (Å²) >= 11 is 0. The van der Waals surface area contributed by atoms with E-state index in [1.165, 1.54) is 19.2 Å². The SMILES string of the molecule is COc1cc([N+](=O)[O-])cc2c1OC1(Oc3c(C)cc(C)cc3N1C)C(C)=C2. The minimum Gasteiger partial charge on any atom is -0.493 e. The van der Waals surface area contributed by atoms with Crippen LogP contribution >= 0.6 is 0 Å². The van der Waals surface area contributed by atoms with Crippen molar-refractivity contribution in [2.24, 2.45) is 0 Å². The van der Waals surface area contributed by atoms with Gasteiger partial charge in [-0.15, -0.1) is 0 Å². The van der Waals surface area contributed by atoms with E-state index in [2.05, 4.69) is 12.1 Å². The Morgan fingerprint density at radius 2 is 1.81 bits per heavy atom. The third kappa shape index (κ3) is 2.34. The number of methoxy groups -OCH3 is 1. The number of likely N-dealkylation sites (N-methyl/N-ethyl adjacent to an activating group) is 1. The van der Waals surface area contributed by atoms with E-state index in [0.717, 1.165) is 28.1 Å². The van der Waals surface area contributed by atoms with Crippen LogP contribution in [-0.2, 0) is 0 Å². The summed E-state index contributed by atoms with van der Waals surface area (Å²) in [4.78, 5) is 12.7. The molecule has 0 aromatic heterocycles. The van der Waals surface area contributed by atoms with Gasteiger partial charge in [0.25, 0.3) is 5.69 Å². The van der Waals surface area contributed by atoms with Crippen LogP contribution in [0.15, 0.2) is 29.8 Å². The van der Waals surface area contributed by atoms with E-state index in [0.29, 0.717) is 17.1 Å². The normalized spacial score (nSPS) is 19.7. The standard InChI is InChI=1S/C20H20N2O5/c1-11-6-12(2)18-16(7-11)21(4)20(26-18)13(3)8-14-9-15(22(23)24)10-17(25-5)19(14)27-20/h6-10H,1-5H3. The molecular weight excluding hydrogens is 348 g/mol. The van der Waals surface area contributed by atoms with Crippen LogP contribution in [0.2, 0.25) is 0 Å². The summed E-state index contributed by atoms with van der Waals surface area (Å²) in [6, 6.07) is 6.95. The van der Waals surface area contributed by atoms with Crippen molar-refractivity contribution in [2.45, 2.75) is 26.7 Å². The minimum atomic E-state index is -1.16. The van der Waals surface area contributed by atoms with Crippen LogP contribution in [0.25, 0.3) is 6.08 Å². The fourth-order valence-electron chi connectivity index (χ4n) is 3.74. The molecule has 2 aromatic carbocycles. The monoisotopic (exact) mass is 368 g/mol. The van der Waals surface area contributed by atoms with E-state index in [1.807, 2.05) is 38.8 Å². The van der Waals surface area contributed by atoms with Crippen molar-refractivity contribution in [3.8, 4) is 17.2 Å². The van der Waals surface area contributed by atoms with Crippen molar-refractivity contribution in [2.75, 3.05) is 19.1 Å². The number of nitro groups is 1. The Hall–Kier alpha value is -3.22. The molecule has 1 unspecified atom stereocenters. The van der Waals surface area contributed by atoms with Crippen molar-refractivity contribution < 1.29 is 19.1 Å². The van der Waals surface area contributed by atoms with E-state index >= 15 is 0 Å². The maximum atomic E-state index is 11.2. The molecule has 1 spiro atoms. The molecule has 1 atom stereocenters. The number of nitrogens with zero attached hydrogens (tertiary/aromatic N) is 2. The lowest BCUT2D eigenvalue weighted by atomic mass is 10.0. The fourth-order valence-corrected chi connectivity index (χ4v) is 3.74. The number of ether oxygens (including phenoxy) is 3. The number of fused-ring (bicyclic) bond motifs is 2. The molecule has 2 heterocycles. The maximum absolute atomic E-state index is 11.2. The second kappa shape index (κ2) is 5.64. The fraction of sp³-hybridized carbons (Fsp3) is 0.300. The molecule has 2 aliphatic heterocycles. The molecule has 0 amide bonds. The van der Waals surface area contributed by atoms with E-state index in [9.17, 15) is 10.1 Å². The average Bonchev–Trinajstić information content (AvgIpc) is 2.89. The van der Waals surface area contributed by atoms with Crippen LogP contribution in [-0.4, -0.2) is 25.0 Å². The summed E-state index contributed by atoms with van der Waals surface area (Å²) in [6.45, 7) is 5.92. The first-order valence-electron chi connectivity index (χ1n) is 8.55. The van der Waals surface area contributed by atoms with Crippen molar-refractivity contribution >= 4 is 17.5 Å². The van der Waals surface area contributed by atoms with Gasteiger partial charge in [-0.25, -0.2) is 0 Å². The first-order valence-corrected chi connectivity index (χ1v) is 8.55. The molecule has 0 aliphatic carbocycles. The smallest absolute Gasteiger partial charge is 0.363 e. The van der Waals surface area contributed by atoms with Gasteiger partial charge in [0.05, 0.1) is 23.8 Å². The predicted molar refractivity (Wildman–Crippen MR) is 102 cm³/mol. The van der Waals surface area contributed by atoms with Gasteiger partial charge in [-0.05, 0) is 44.0 Å². The lowest BCUT2D eigenvalue weighted by molar-refractivity contribution is -0.385. The molecule has 0 saturated carbocycles. The zero-order chi connectivity index (χ0) is 19.5. The Morgan fingerprint density at radius 1 is 1.11 bits per heavy atom. The Labute approximate surface area is 156 Å². The molecular formula is C20H20N2O5. The highest BCUT2D eigenvalue weighted by Gasteiger charge is 2.51. The van der Waals surface area contributed by atoms with E-state index in [-0.39, 0.29) is 5.69 Å². The molecule has 2 aromatic rings. The Morgan fingerprint density at radius 3 is 2.48 bits per heavy atom. The lowest BCUT2D eigenvalue weighted by Gasteiger charge is -2.39. The van der Waals surface area contributed by atoms with Crippen LogP contribution < -0.4 is 19.1 Å². The number of nitro benzene ring substituents is 1. The number of benzene rings is 2. The van der Waals surface area contributed by atoms with Gasteiger partial charge in [0.1, 0.15) is 0 Å². The molecule has 4 rings (SSSR count). The zero-order valence-corrected chi connectivity index (χ0v) is 15.8. The summed E-state index contributed by atoms with van der Waals surface area (Å²) in [5.74, 6) is 0.322. The van der Waals surface area contributed by atoms with Crippen molar-refractivity contribution in [1.29, 1.82) is 0 Å². The summed E-state index contributed by atoms with van der Waals surface area (Å²) < 4.78 is 18.0. The van der Waals surface area contributed by atoms with Crippen LogP contribution in [0, 0.1) is 24.0 Å². The number of aryl methyl sites for hydroxylation is 2. The lowest BCUT2D eigenvalue weighted by Crippen LogP contribution is -2.54. The van der Waals surface area contributed by atoms with Crippen molar-refractivity contribution in [3.63, 3.8) is 0 Å². The molecule has 2 aliphatic rings. The number of non-ortho nitro benzene ring substituents is 1. The first kappa shape index (κ1) is 17.2. The molecule has 0 saturated heterocycles. The van der Waals surface area contributed by atoms with Gasteiger partial charge in [-0.3, -0.25) is 15.0 Å². The van der Waals surface area contributed by atoms with E-state index < -0.39 is 10.8 Å². The first-order chi connectivity index (χ1) is 12.8. The van der Waals surface area contributed by atoms with Crippen LogP contribution in [0.3, 0.4) is 0 Å². The summed E-state index contributed by atoms with van der Waals surface area (Å²) in [5, 5.41) is 11.2. The average molecular weight is 368 g/mol. The highest BCUT2D eigenvalue weighted by molar-refractivity contribution is 5.75. The third-order valence-corrected chi connectivity index (χ3v) is 5.05. The van der Waals surface area contributed by atoms with Gasteiger partial charge in [-0.1, -0.05) is 6.07 Å². The van der Waals surface area contributed by atoms with Crippen LogP contribution in [0.4, 0.5) is 11.4 Å². The van der Waals surface area contributed by atoms with Crippen LogP contribution in [0.1, 0.15) is 23.6 Å². The molecule has 0 radical (unpaired) electrons. The second-order valence-electron chi connectivity index (χ2n) is 6.93. The molecule has 0 bridgehead atoms. The van der Waals surface area contributed by atoms with Crippen molar-refractivity contribution in [3.05, 3.63) is 56.6 Å². The summed E-state index contributed by atoms with van der Waals surface area (Å²) in [5.41, 5.74) is 4.41. The van der Waals surface area contributed by atoms with Crippen molar-refractivity contribution in [1.82, 2.24) is 0 Å². The zero-order valence-electron chi connectivity index (χ0n) is 15.8. The Bertz CT molecular complexity index is 1010. The Kier molecular flexibility index (Phi) is 3.59. The third-order valence-electron chi connectivity index (χ3n) is 5.05. The van der Waals surface area contributed by atoms with E-state index in [1.54, 1.807) is 0 Å². The molecule has 7 nitrogen and oxygen atoms in total. The van der Waals surface area contributed by atoms with E-state index in [4.69, 9.17) is 14.2 Å². The highest BCUT2D eigenvalue weighted by Crippen LogP contribution is 2.52. The van der Waals surface area contributed by atoms with Gasteiger partial charge in [0.2, 0.25) is 0 Å². The number of hydrogen-bond donors (Lipinski definition) is 0. The maximum Gasteiger partial charge on any atom is 0.363 e. The molecule has 7 heteroatoms. The summed E-state index contributed by atoms with van der Waals surface area (Å²) in [7, 11) is 3.37. The highest BCUT2D eigenvalue weighted by atomic mass is 16.7. The Balaban J connectivity index is 1.87. The van der Waals surface area contributed by atoms with Crippen LogP contribution in [0.5, 0.6) is 17.2 Å². The molecule has 140 valence electrons. The molecule has 0 N–H and O–H groups in total. The van der Waals surface area contributed by atoms with Gasteiger partial charge in [0.15, 0.2) is 17.2 Å². The quantitative estimate of drug-likeness (QED) is 0.584. The number of rotatable bonds is 2. The van der Waals surface area contributed by atoms with Gasteiger partial charge in [0, 0.05) is 24.3 Å². The van der Waals surface area contributed by atoms with Gasteiger partial charge in [-0.2, -0.15) is 0 Å². The second-order valence-corrected chi connectivity index (χ2v) is 6.93.